The van der Waals surface area contributed by atoms with E-state index in [1.165, 1.54) is 0 Å². The zero-order chi connectivity index (χ0) is 25.5. The Labute approximate surface area is 203 Å². The number of hydrogen-bond donors (Lipinski definition) is 0. The first kappa shape index (κ1) is 28.1. The summed E-state index contributed by atoms with van der Waals surface area (Å²) < 4.78 is 25.2. The third kappa shape index (κ3) is 5.74. The number of esters is 1. The van der Waals surface area contributed by atoms with Gasteiger partial charge in [-0.15, -0.1) is 0 Å². The molecule has 33 heavy (non-hydrogen) atoms. The first-order chi connectivity index (χ1) is 14.9. The van der Waals surface area contributed by atoms with Gasteiger partial charge in [-0.2, -0.15) is 0 Å². The predicted octanol–water partition coefficient (Wildman–Crippen LogP) is 7.42. The molecule has 3 atom stereocenters. The van der Waals surface area contributed by atoms with Crippen LogP contribution in [0.5, 0.6) is 0 Å². The number of carbonyl (C=O) groups excluding carboxylic acids is 1. The molecular weight excluding hydrogens is 448 g/mol. The molecule has 2 rings (SSSR count). The third-order valence-corrected chi connectivity index (χ3v) is 17.0. The molecule has 1 saturated carbocycles. The number of hydrogen-bond acceptors (Lipinski definition) is 5. The maximum Gasteiger partial charge on any atom is 0.312 e. The quantitative estimate of drug-likeness (QED) is 0.224. The van der Waals surface area contributed by atoms with Crippen molar-refractivity contribution in [1.82, 2.24) is 0 Å². The van der Waals surface area contributed by atoms with Crippen molar-refractivity contribution in [3.63, 3.8) is 0 Å². The van der Waals surface area contributed by atoms with Crippen molar-refractivity contribution < 1.29 is 22.8 Å². The van der Waals surface area contributed by atoms with E-state index < -0.39 is 28.2 Å². The van der Waals surface area contributed by atoms with E-state index in [9.17, 15) is 4.79 Å². The largest absolute Gasteiger partial charge is 0.472 e. The SMILES string of the molecule is C=C1C[C@@H](C(=O)OCC)[C@](O[Si](C)(C)C(C)(C)C)(c2ccoc2)C[C@@H]1O[Si](C)(C)C(C)(C)C. The molecule has 0 N–H and O–H groups in total. The van der Waals surface area contributed by atoms with Gasteiger partial charge in [0.1, 0.15) is 5.60 Å². The van der Waals surface area contributed by atoms with Crippen LogP contribution in [0.2, 0.25) is 36.3 Å². The zero-order valence-corrected chi connectivity index (χ0v) is 24.8. The van der Waals surface area contributed by atoms with Crippen molar-refractivity contribution in [3.8, 4) is 0 Å². The minimum Gasteiger partial charge on any atom is -0.472 e. The van der Waals surface area contributed by atoms with Crippen molar-refractivity contribution in [1.29, 1.82) is 0 Å². The molecule has 0 aromatic carbocycles. The molecule has 1 aliphatic rings. The standard InChI is InChI=1S/C26H46O5Si2/c1-13-29-23(27)21-16-19(2)22(30-32(9,10)24(3,4)5)17-26(21,20-14-15-28-18-20)31-33(11,12)25(6,7)8/h14-15,18,21-22H,2,13,16-17H2,1,3-12H3/t21-,22-,26+/m0/s1. The molecule has 7 heteroatoms. The lowest BCUT2D eigenvalue weighted by atomic mass is 9.69. The second kappa shape index (κ2) is 9.48. The lowest BCUT2D eigenvalue weighted by Crippen LogP contribution is -2.58. The molecule has 1 aromatic rings. The average Bonchev–Trinajstić information content (AvgIpc) is 3.17. The molecule has 0 bridgehead atoms. The topological polar surface area (TPSA) is 57.9 Å². The Hall–Kier alpha value is -1.16. The van der Waals surface area contributed by atoms with Gasteiger partial charge < -0.3 is 18.0 Å². The summed E-state index contributed by atoms with van der Waals surface area (Å²) >= 11 is 0. The Morgan fingerprint density at radius 1 is 1.12 bits per heavy atom. The molecular formula is C26H46O5Si2. The summed E-state index contributed by atoms with van der Waals surface area (Å²) in [5.41, 5.74) is 0.925. The zero-order valence-electron chi connectivity index (χ0n) is 22.8. The van der Waals surface area contributed by atoms with Gasteiger partial charge in [0.25, 0.3) is 0 Å². The molecule has 0 saturated heterocycles. The summed E-state index contributed by atoms with van der Waals surface area (Å²) in [6.07, 6.45) is 4.17. The first-order valence-corrected chi connectivity index (χ1v) is 17.9. The van der Waals surface area contributed by atoms with E-state index >= 15 is 0 Å². The fourth-order valence-electron chi connectivity index (χ4n) is 3.90. The van der Waals surface area contributed by atoms with E-state index in [4.69, 9.17) is 18.0 Å². The first-order valence-electron chi connectivity index (χ1n) is 12.1. The van der Waals surface area contributed by atoms with Crippen molar-refractivity contribution in [2.24, 2.45) is 5.92 Å². The number of furan rings is 1. The number of carbonyl (C=O) groups is 1. The van der Waals surface area contributed by atoms with Crippen LogP contribution in [0.1, 0.15) is 66.9 Å². The van der Waals surface area contributed by atoms with Crippen LogP contribution in [0.4, 0.5) is 0 Å². The normalized spacial score (nSPS) is 25.2. The molecule has 1 fully saturated rings. The summed E-state index contributed by atoms with van der Waals surface area (Å²) in [6, 6.07) is 1.93. The van der Waals surface area contributed by atoms with E-state index in [1.54, 1.807) is 12.5 Å². The van der Waals surface area contributed by atoms with Gasteiger partial charge in [-0.25, -0.2) is 0 Å². The number of rotatable bonds is 7. The van der Waals surface area contributed by atoms with Gasteiger partial charge in [-0.3, -0.25) is 4.79 Å². The molecule has 0 amide bonds. The minimum atomic E-state index is -2.30. The lowest BCUT2D eigenvalue weighted by Gasteiger charge is -2.53. The molecule has 5 nitrogen and oxygen atoms in total. The van der Waals surface area contributed by atoms with Crippen LogP contribution in [0.15, 0.2) is 35.2 Å². The molecule has 0 spiro atoms. The van der Waals surface area contributed by atoms with Crippen LogP contribution in [-0.2, 0) is 24.0 Å². The van der Waals surface area contributed by atoms with E-state index in [0.29, 0.717) is 19.4 Å². The Kier molecular flexibility index (Phi) is 8.06. The van der Waals surface area contributed by atoms with Gasteiger partial charge in [-0.1, -0.05) is 48.1 Å². The third-order valence-electron chi connectivity index (χ3n) is 8.04. The van der Waals surface area contributed by atoms with Crippen LogP contribution in [0.25, 0.3) is 0 Å². The highest BCUT2D eigenvalue weighted by atomic mass is 28.4. The Bertz CT molecular complexity index is 830. The van der Waals surface area contributed by atoms with E-state index in [2.05, 4.69) is 74.3 Å². The van der Waals surface area contributed by atoms with Crippen molar-refractivity contribution in [3.05, 3.63) is 36.3 Å². The highest BCUT2D eigenvalue weighted by molar-refractivity contribution is 6.74. The van der Waals surface area contributed by atoms with Crippen LogP contribution in [0, 0.1) is 5.92 Å². The maximum atomic E-state index is 13.4. The molecule has 0 aliphatic heterocycles. The Morgan fingerprint density at radius 2 is 1.70 bits per heavy atom. The van der Waals surface area contributed by atoms with Crippen molar-refractivity contribution >= 4 is 22.6 Å². The summed E-state index contributed by atoms with van der Waals surface area (Å²) in [5, 5.41) is 0.0248. The molecule has 0 unspecified atom stereocenters. The molecule has 1 aliphatic carbocycles. The smallest absolute Gasteiger partial charge is 0.312 e. The highest BCUT2D eigenvalue weighted by Crippen LogP contribution is 2.53. The second-order valence-corrected chi connectivity index (χ2v) is 22.0. The summed E-state index contributed by atoms with van der Waals surface area (Å²) in [5.74, 6) is -0.750. The minimum absolute atomic E-state index is 0.0345. The van der Waals surface area contributed by atoms with E-state index in [0.717, 1.165) is 11.1 Å². The molecule has 0 radical (unpaired) electrons. The molecule has 188 valence electrons. The summed E-state index contributed by atoms with van der Waals surface area (Å²) in [6.45, 7) is 28.9. The average molecular weight is 495 g/mol. The van der Waals surface area contributed by atoms with E-state index in [1.807, 2.05) is 13.0 Å². The van der Waals surface area contributed by atoms with Gasteiger partial charge in [0.15, 0.2) is 16.6 Å². The summed E-state index contributed by atoms with van der Waals surface area (Å²) in [7, 11) is -4.39. The van der Waals surface area contributed by atoms with Crippen LogP contribution < -0.4 is 0 Å². The predicted molar refractivity (Wildman–Crippen MR) is 139 cm³/mol. The Balaban J connectivity index is 2.65. The molecule has 1 heterocycles. The van der Waals surface area contributed by atoms with Gasteiger partial charge >= 0.3 is 5.97 Å². The Morgan fingerprint density at radius 3 is 2.15 bits per heavy atom. The van der Waals surface area contributed by atoms with Crippen LogP contribution in [0.3, 0.4) is 0 Å². The highest BCUT2D eigenvalue weighted by Gasteiger charge is 2.57. The molecule has 1 aromatic heterocycles. The number of ether oxygens (including phenoxy) is 1. The van der Waals surface area contributed by atoms with E-state index in [-0.39, 0.29) is 22.1 Å². The monoisotopic (exact) mass is 494 g/mol. The van der Waals surface area contributed by atoms with Gasteiger partial charge in [0.05, 0.1) is 31.2 Å². The van der Waals surface area contributed by atoms with Gasteiger partial charge in [0, 0.05) is 12.0 Å². The van der Waals surface area contributed by atoms with Gasteiger partial charge in [0.2, 0.25) is 0 Å². The second-order valence-electron chi connectivity index (χ2n) is 12.5. The van der Waals surface area contributed by atoms with Crippen molar-refractivity contribution in [2.45, 2.75) is 109 Å². The lowest BCUT2D eigenvalue weighted by molar-refractivity contribution is -0.162. The van der Waals surface area contributed by atoms with Gasteiger partial charge in [-0.05, 0) is 61.2 Å². The van der Waals surface area contributed by atoms with Crippen LogP contribution >= 0.6 is 0 Å². The summed E-state index contributed by atoms with van der Waals surface area (Å²) in [4.78, 5) is 13.4. The van der Waals surface area contributed by atoms with Crippen molar-refractivity contribution in [2.75, 3.05) is 6.61 Å². The fraction of sp³-hybridized carbons (Fsp3) is 0.731. The fourth-order valence-corrected chi connectivity index (χ4v) is 6.77. The van der Waals surface area contributed by atoms with Crippen LogP contribution in [-0.4, -0.2) is 35.3 Å². The maximum absolute atomic E-state index is 13.4.